The summed E-state index contributed by atoms with van der Waals surface area (Å²) in [6, 6.07) is 0. The molecular weight excluding hydrogens is 286 g/mol. The number of nitrogens with one attached hydrogen (secondary N) is 1. The van der Waals surface area contributed by atoms with E-state index in [1.54, 1.807) is 0 Å². The second-order valence-corrected chi connectivity index (χ2v) is 5.44. The minimum atomic E-state index is -0.402. The first-order valence-corrected chi connectivity index (χ1v) is 7.02. The van der Waals surface area contributed by atoms with Gasteiger partial charge < -0.3 is 10.1 Å². The fraction of sp³-hybridized carbons (Fsp3) is 0.833. The highest BCUT2D eigenvalue weighted by Gasteiger charge is 2.15. The highest BCUT2D eigenvalue weighted by atomic mass is 79.9. The molecule has 0 spiro atoms. The Morgan fingerprint density at radius 3 is 2.35 bits per heavy atom. The van der Waals surface area contributed by atoms with E-state index in [0.29, 0.717) is 18.3 Å². The lowest BCUT2D eigenvalue weighted by Crippen LogP contribution is -2.25. The molecule has 5 heteroatoms. The van der Waals surface area contributed by atoms with Crippen molar-refractivity contribution in [3.05, 3.63) is 0 Å². The molecule has 0 aromatic rings. The van der Waals surface area contributed by atoms with E-state index in [1.807, 2.05) is 20.8 Å². The number of amides is 1. The summed E-state index contributed by atoms with van der Waals surface area (Å²) in [5, 5.41) is 3.09. The quantitative estimate of drug-likeness (QED) is 0.446. The fourth-order valence-electron chi connectivity index (χ4n) is 1.24. The van der Waals surface area contributed by atoms with Gasteiger partial charge in [-0.3, -0.25) is 9.59 Å². The van der Waals surface area contributed by atoms with Gasteiger partial charge in [0.2, 0.25) is 5.91 Å². The normalized spacial score (nSPS) is 11.1. The third-order valence-corrected chi connectivity index (χ3v) is 2.43. The standard InChI is InChI=1S/C12H22BrNO3/c1-12(2,3)17-11(16)7-5-4-6-8-14-10(15)9-13/h4-9H2,1-3H3,(H,14,15). The lowest BCUT2D eigenvalue weighted by molar-refractivity contribution is -0.154. The molecule has 0 rings (SSSR count). The monoisotopic (exact) mass is 307 g/mol. The molecule has 0 saturated heterocycles. The Balaban J connectivity index is 3.40. The summed E-state index contributed by atoms with van der Waals surface area (Å²) in [6.07, 6.45) is 3.06. The first-order chi connectivity index (χ1) is 7.85. The topological polar surface area (TPSA) is 55.4 Å². The number of alkyl halides is 1. The molecule has 0 aliphatic carbocycles. The molecule has 0 saturated carbocycles. The Kier molecular flexibility index (Phi) is 8.21. The van der Waals surface area contributed by atoms with E-state index in [9.17, 15) is 9.59 Å². The molecule has 0 aromatic heterocycles. The van der Waals surface area contributed by atoms with Crippen LogP contribution >= 0.6 is 15.9 Å². The van der Waals surface area contributed by atoms with Gasteiger partial charge >= 0.3 is 5.97 Å². The van der Waals surface area contributed by atoms with E-state index < -0.39 is 5.60 Å². The van der Waals surface area contributed by atoms with Gasteiger partial charge in [-0.2, -0.15) is 0 Å². The molecule has 1 N–H and O–H groups in total. The van der Waals surface area contributed by atoms with Gasteiger partial charge in [-0.25, -0.2) is 0 Å². The van der Waals surface area contributed by atoms with Gasteiger partial charge in [0, 0.05) is 13.0 Å². The molecule has 0 aliphatic rings. The van der Waals surface area contributed by atoms with Crippen molar-refractivity contribution in [3.8, 4) is 0 Å². The number of rotatable bonds is 7. The molecule has 17 heavy (non-hydrogen) atoms. The minimum absolute atomic E-state index is 0.00265. The van der Waals surface area contributed by atoms with E-state index >= 15 is 0 Å². The summed E-state index contributed by atoms with van der Waals surface area (Å²) in [6.45, 7) is 6.25. The number of unbranched alkanes of at least 4 members (excludes halogenated alkanes) is 2. The van der Waals surface area contributed by atoms with Gasteiger partial charge in [0.05, 0.1) is 5.33 Å². The average molecular weight is 308 g/mol. The van der Waals surface area contributed by atoms with Crippen LogP contribution in [0, 0.1) is 0 Å². The van der Waals surface area contributed by atoms with Gasteiger partial charge in [-0.05, 0) is 33.6 Å². The van der Waals surface area contributed by atoms with Crippen molar-refractivity contribution in [1.29, 1.82) is 0 Å². The molecule has 0 unspecified atom stereocenters. The zero-order chi connectivity index (χ0) is 13.3. The van der Waals surface area contributed by atoms with Gasteiger partial charge in [-0.15, -0.1) is 0 Å². The molecule has 100 valence electrons. The van der Waals surface area contributed by atoms with E-state index in [-0.39, 0.29) is 11.9 Å². The summed E-state index contributed by atoms with van der Waals surface area (Å²) in [5.41, 5.74) is -0.402. The van der Waals surface area contributed by atoms with Crippen LogP contribution in [-0.2, 0) is 14.3 Å². The zero-order valence-electron chi connectivity index (χ0n) is 10.8. The minimum Gasteiger partial charge on any atom is -0.460 e. The summed E-state index contributed by atoms with van der Waals surface area (Å²) in [5.74, 6) is -0.154. The number of esters is 1. The third-order valence-electron chi connectivity index (χ3n) is 1.92. The van der Waals surface area contributed by atoms with Crippen LogP contribution < -0.4 is 5.32 Å². The fourth-order valence-corrected chi connectivity index (χ4v) is 1.44. The second kappa shape index (κ2) is 8.50. The van der Waals surface area contributed by atoms with Gasteiger partial charge in [0.25, 0.3) is 0 Å². The second-order valence-electron chi connectivity index (χ2n) is 4.88. The predicted octanol–water partition coefficient (Wildman–Crippen LogP) is 2.40. The maximum absolute atomic E-state index is 11.3. The van der Waals surface area contributed by atoms with E-state index in [1.165, 1.54) is 0 Å². The van der Waals surface area contributed by atoms with Crippen LogP contribution in [0.15, 0.2) is 0 Å². The first-order valence-electron chi connectivity index (χ1n) is 5.89. The average Bonchev–Trinajstić information content (AvgIpc) is 2.20. The molecule has 0 aromatic carbocycles. The molecule has 4 nitrogen and oxygen atoms in total. The largest absolute Gasteiger partial charge is 0.460 e. The van der Waals surface area contributed by atoms with E-state index in [4.69, 9.17) is 4.74 Å². The Hall–Kier alpha value is -0.580. The van der Waals surface area contributed by atoms with Crippen LogP contribution in [0.3, 0.4) is 0 Å². The smallest absolute Gasteiger partial charge is 0.306 e. The lowest BCUT2D eigenvalue weighted by atomic mass is 10.1. The van der Waals surface area contributed by atoms with Crippen molar-refractivity contribution in [1.82, 2.24) is 5.32 Å². The van der Waals surface area contributed by atoms with Crippen LogP contribution in [-0.4, -0.2) is 29.4 Å². The maximum atomic E-state index is 11.3. The number of ether oxygens (including phenoxy) is 1. The number of carbonyl (C=O) groups excluding carboxylic acids is 2. The maximum Gasteiger partial charge on any atom is 0.306 e. The Morgan fingerprint density at radius 1 is 1.18 bits per heavy atom. The Morgan fingerprint density at radius 2 is 1.82 bits per heavy atom. The first kappa shape index (κ1) is 16.4. The highest BCUT2D eigenvalue weighted by molar-refractivity contribution is 9.09. The zero-order valence-corrected chi connectivity index (χ0v) is 12.4. The molecule has 0 fully saturated rings. The van der Waals surface area contributed by atoms with Crippen LogP contribution in [0.5, 0.6) is 0 Å². The van der Waals surface area contributed by atoms with Crippen molar-refractivity contribution in [3.63, 3.8) is 0 Å². The van der Waals surface area contributed by atoms with Crippen LogP contribution in [0.25, 0.3) is 0 Å². The number of carbonyl (C=O) groups is 2. The Bertz CT molecular complexity index is 249. The van der Waals surface area contributed by atoms with E-state index in [0.717, 1.165) is 19.3 Å². The molecule has 0 atom stereocenters. The summed E-state index contributed by atoms with van der Waals surface area (Å²) >= 11 is 3.07. The molecule has 0 heterocycles. The third kappa shape index (κ3) is 11.7. The molecule has 0 bridgehead atoms. The van der Waals surface area contributed by atoms with Crippen LogP contribution in [0.4, 0.5) is 0 Å². The summed E-state index contributed by atoms with van der Waals surface area (Å²) in [4.78, 5) is 22.2. The van der Waals surface area contributed by atoms with Gasteiger partial charge in [0.15, 0.2) is 0 Å². The number of hydrogen-bond acceptors (Lipinski definition) is 3. The summed E-state index contributed by atoms with van der Waals surface area (Å²) < 4.78 is 5.18. The number of halogens is 1. The molecular formula is C12H22BrNO3. The van der Waals surface area contributed by atoms with Crippen molar-refractivity contribution in [2.24, 2.45) is 0 Å². The van der Waals surface area contributed by atoms with Crippen LogP contribution in [0.1, 0.15) is 46.5 Å². The SMILES string of the molecule is CC(C)(C)OC(=O)CCCCCNC(=O)CBr. The highest BCUT2D eigenvalue weighted by Crippen LogP contribution is 2.10. The lowest BCUT2D eigenvalue weighted by Gasteiger charge is -2.19. The summed E-state index contributed by atoms with van der Waals surface area (Å²) in [7, 11) is 0. The van der Waals surface area contributed by atoms with Crippen molar-refractivity contribution in [2.45, 2.75) is 52.1 Å². The molecule has 0 aliphatic heterocycles. The molecule has 1 amide bonds. The van der Waals surface area contributed by atoms with Crippen molar-refractivity contribution in [2.75, 3.05) is 11.9 Å². The van der Waals surface area contributed by atoms with Gasteiger partial charge in [0.1, 0.15) is 5.60 Å². The van der Waals surface area contributed by atoms with Crippen molar-refractivity contribution >= 4 is 27.8 Å². The predicted molar refractivity (Wildman–Crippen MR) is 71.1 cm³/mol. The molecule has 0 radical (unpaired) electrons. The van der Waals surface area contributed by atoms with Gasteiger partial charge in [-0.1, -0.05) is 22.4 Å². The van der Waals surface area contributed by atoms with Crippen molar-refractivity contribution < 1.29 is 14.3 Å². The Labute approximate surface area is 112 Å². The van der Waals surface area contributed by atoms with Crippen LogP contribution in [0.2, 0.25) is 0 Å². The van der Waals surface area contributed by atoms with E-state index in [2.05, 4.69) is 21.2 Å². The number of hydrogen-bond donors (Lipinski definition) is 1.